The van der Waals surface area contributed by atoms with Crippen molar-refractivity contribution in [2.75, 3.05) is 6.54 Å². The van der Waals surface area contributed by atoms with Gasteiger partial charge in [-0.25, -0.2) is 0 Å². The van der Waals surface area contributed by atoms with Crippen LogP contribution >= 0.6 is 0 Å². The summed E-state index contributed by atoms with van der Waals surface area (Å²) in [6.45, 7) is 0.588. The summed E-state index contributed by atoms with van der Waals surface area (Å²) >= 11 is 0. The van der Waals surface area contributed by atoms with Crippen LogP contribution in [0.15, 0.2) is 60.7 Å². The number of nitrogens with one attached hydrogen (secondary N) is 1. The second-order valence-corrected chi connectivity index (χ2v) is 6.15. The third-order valence-electron chi connectivity index (χ3n) is 4.04. The highest BCUT2D eigenvalue weighted by atomic mass is 16.4. The molecule has 0 aliphatic heterocycles. The van der Waals surface area contributed by atoms with Gasteiger partial charge >= 0.3 is 5.97 Å². The number of unbranched alkanes of at least 4 members (excludes halogenated alkanes) is 3. The molecule has 4 nitrogen and oxygen atoms in total. The van der Waals surface area contributed by atoms with E-state index in [-0.39, 0.29) is 12.3 Å². The molecule has 26 heavy (non-hydrogen) atoms. The number of rotatable bonds is 10. The first kappa shape index (κ1) is 19.4. The molecule has 2 rings (SSSR count). The van der Waals surface area contributed by atoms with Crippen molar-refractivity contribution in [2.45, 2.75) is 32.1 Å². The average molecular weight is 351 g/mol. The van der Waals surface area contributed by atoms with Crippen LogP contribution in [-0.2, 0) is 9.59 Å². The highest BCUT2D eigenvalue weighted by molar-refractivity contribution is 6.24. The quantitative estimate of drug-likeness (QED) is 0.379. The van der Waals surface area contributed by atoms with Crippen LogP contribution in [0.1, 0.15) is 43.2 Å². The Balaban J connectivity index is 1.92. The molecule has 0 aliphatic rings. The van der Waals surface area contributed by atoms with Crippen molar-refractivity contribution in [2.24, 2.45) is 0 Å². The lowest BCUT2D eigenvalue weighted by Crippen LogP contribution is -2.25. The minimum atomic E-state index is -0.753. The first-order chi connectivity index (χ1) is 12.7. The molecule has 2 aromatic rings. The zero-order chi connectivity index (χ0) is 18.6. The number of hydrogen-bond donors (Lipinski definition) is 2. The van der Waals surface area contributed by atoms with Gasteiger partial charge in [-0.2, -0.15) is 0 Å². The largest absolute Gasteiger partial charge is 0.481 e. The monoisotopic (exact) mass is 351 g/mol. The fourth-order valence-electron chi connectivity index (χ4n) is 2.67. The van der Waals surface area contributed by atoms with Crippen molar-refractivity contribution in [1.82, 2.24) is 5.32 Å². The standard InChI is InChI=1S/C22H25NO3/c24-21(25)15-9-1-2-10-16-23-22(26)20(19-13-7-4-8-14-19)17-18-11-5-3-6-12-18/h3-8,11-14,17H,1-2,9-10,15-16H2,(H,23,26)(H,24,25)/b20-17+. The molecule has 0 aliphatic carbocycles. The molecule has 2 N–H and O–H groups in total. The van der Waals surface area contributed by atoms with Crippen LogP contribution < -0.4 is 5.32 Å². The summed E-state index contributed by atoms with van der Waals surface area (Å²) < 4.78 is 0. The Morgan fingerprint density at radius 3 is 2.12 bits per heavy atom. The molecule has 0 radical (unpaired) electrons. The maximum atomic E-state index is 12.7. The maximum absolute atomic E-state index is 12.7. The molecule has 0 atom stereocenters. The third kappa shape index (κ3) is 6.93. The Bertz CT molecular complexity index is 724. The summed E-state index contributed by atoms with van der Waals surface area (Å²) in [4.78, 5) is 23.1. The average Bonchev–Trinajstić information content (AvgIpc) is 2.66. The molecule has 0 fully saturated rings. The Labute approximate surface area is 154 Å². The molecule has 0 bridgehead atoms. The lowest BCUT2D eigenvalue weighted by atomic mass is 10.0. The number of aliphatic carboxylic acids is 1. The Hall–Kier alpha value is -2.88. The lowest BCUT2D eigenvalue weighted by Gasteiger charge is -2.10. The summed E-state index contributed by atoms with van der Waals surface area (Å²) in [5.74, 6) is -0.845. The zero-order valence-corrected chi connectivity index (χ0v) is 14.9. The van der Waals surface area contributed by atoms with Crippen LogP contribution in [0.25, 0.3) is 11.6 Å². The maximum Gasteiger partial charge on any atom is 0.303 e. The number of amides is 1. The SMILES string of the molecule is O=C(O)CCCCCCNC(=O)/C(=C/c1ccccc1)c1ccccc1. The highest BCUT2D eigenvalue weighted by Gasteiger charge is 2.11. The smallest absolute Gasteiger partial charge is 0.303 e. The van der Waals surface area contributed by atoms with Gasteiger partial charge in [-0.1, -0.05) is 73.5 Å². The number of hydrogen-bond acceptors (Lipinski definition) is 2. The molecule has 0 saturated carbocycles. The molecule has 136 valence electrons. The molecular formula is C22H25NO3. The van der Waals surface area contributed by atoms with Crippen molar-refractivity contribution in [3.8, 4) is 0 Å². The van der Waals surface area contributed by atoms with Gasteiger partial charge < -0.3 is 10.4 Å². The first-order valence-corrected chi connectivity index (χ1v) is 8.99. The second-order valence-electron chi connectivity index (χ2n) is 6.15. The third-order valence-corrected chi connectivity index (χ3v) is 4.04. The number of carbonyl (C=O) groups excluding carboxylic acids is 1. The van der Waals surface area contributed by atoms with Gasteiger partial charge in [-0.15, -0.1) is 0 Å². The van der Waals surface area contributed by atoms with E-state index < -0.39 is 5.97 Å². The summed E-state index contributed by atoms with van der Waals surface area (Å²) in [6.07, 6.45) is 5.43. The van der Waals surface area contributed by atoms with Gasteiger partial charge in [0.15, 0.2) is 0 Å². The van der Waals surface area contributed by atoms with E-state index in [0.29, 0.717) is 18.5 Å². The highest BCUT2D eigenvalue weighted by Crippen LogP contribution is 2.18. The normalized spacial score (nSPS) is 11.2. The van der Waals surface area contributed by atoms with Crippen molar-refractivity contribution < 1.29 is 14.7 Å². The molecule has 0 aromatic heterocycles. The molecule has 0 unspecified atom stereocenters. The van der Waals surface area contributed by atoms with E-state index in [1.807, 2.05) is 66.7 Å². The Morgan fingerprint density at radius 2 is 1.46 bits per heavy atom. The van der Waals surface area contributed by atoms with Gasteiger partial charge in [0, 0.05) is 18.5 Å². The molecule has 2 aromatic carbocycles. The summed E-state index contributed by atoms with van der Waals surface area (Å²) in [5.41, 5.74) is 2.51. The minimum Gasteiger partial charge on any atom is -0.481 e. The number of benzene rings is 2. The molecule has 0 spiro atoms. The second kappa shape index (κ2) is 10.9. The van der Waals surface area contributed by atoms with Crippen LogP contribution in [0, 0.1) is 0 Å². The van der Waals surface area contributed by atoms with Crippen LogP contribution in [0.3, 0.4) is 0 Å². The van der Waals surface area contributed by atoms with Crippen LogP contribution in [0.5, 0.6) is 0 Å². The molecular weight excluding hydrogens is 326 g/mol. The van der Waals surface area contributed by atoms with E-state index in [2.05, 4.69) is 5.32 Å². The molecule has 0 saturated heterocycles. The minimum absolute atomic E-state index is 0.0920. The fraction of sp³-hybridized carbons (Fsp3) is 0.273. The van der Waals surface area contributed by atoms with Crippen molar-refractivity contribution in [1.29, 1.82) is 0 Å². The number of carbonyl (C=O) groups is 2. The first-order valence-electron chi connectivity index (χ1n) is 8.99. The lowest BCUT2D eigenvalue weighted by molar-refractivity contribution is -0.137. The summed E-state index contributed by atoms with van der Waals surface area (Å²) in [5, 5.41) is 11.6. The van der Waals surface area contributed by atoms with Crippen molar-refractivity contribution >= 4 is 23.5 Å². The summed E-state index contributed by atoms with van der Waals surface area (Å²) in [6, 6.07) is 19.4. The van der Waals surface area contributed by atoms with Crippen LogP contribution in [0.4, 0.5) is 0 Å². The van der Waals surface area contributed by atoms with Gasteiger partial charge in [0.1, 0.15) is 0 Å². The topological polar surface area (TPSA) is 66.4 Å². The van der Waals surface area contributed by atoms with E-state index in [1.165, 1.54) is 0 Å². The van der Waals surface area contributed by atoms with E-state index in [1.54, 1.807) is 0 Å². The predicted molar refractivity (Wildman–Crippen MR) is 104 cm³/mol. The molecule has 0 heterocycles. The molecule has 4 heteroatoms. The van der Waals surface area contributed by atoms with E-state index >= 15 is 0 Å². The van der Waals surface area contributed by atoms with E-state index in [0.717, 1.165) is 30.4 Å². The van der Waals surface area contributed by atoms with E-state index in [4.69, 9.17) is 5.11 Å². The van der Waals surface area contributed by atoms with Gasteiger partial charge in [0.25, 0.3) is 5.91 Å². The van der Waals surface area contributed by atoms with E-state index in [9.17, 15) is 9.59 Å². The van der Waals surface area contributed by atoms with Crippen molar-refractivity contribution in [3.05, 3.63) is 71.8 Å². The van der Waals surface area contributed by atoms with Gasteiger partial charge in [-0.05, 0) is 30.0 Å². The van der Waals surface area contributed by atoms with Gasteiger partial charge in [-0.3, -0.25) is 9.59 Å². The number of carboxylic acid groups (broad SMARTS) is 1. The number of carboxylic acids is 1. The summed E-state index contributed by atoms with van der Waals surface area (Å²) in [7, 11) is 0. The van der Waals surface area contributed by atoms with Gasteiger partial charge in [0.05, 0.1) is 0 Å². The Kier molecular flexibility index (Phi) is 8.13. The molecule has 1 amide bonds. The van der Waals surface area contributed by atoms with Crippen LogP contribution in [0.2, 0.25) is 0 Å². The van der Waals surface area contributed by atoms with Crippen molar-refractivity contribution in [3.63, 3.8) is 0 Å². The van der Waals surface area contributed by atoms with Gasteiger partial charge in [0.2, 0.25) is 0 Å². The van der Waals surface area contributed by atoms with Crippen LogP contribution in [-0.4, -0.2) is 23.5 Å². The fourth-order valence-corrected chi connectivity index (χ4v) is 2.67. The predicted octanol–water partition coefficient (Wildman–Crippen LogP) is 4.38. The Morgan fingerprint density at radius 1 is 0.846 bits per heavy atom. The zero-order valence-electron chi connectivity index (χ0n) is 14.9.